The highest BCUT2D eigenvalue weighted by Gasteiger charge is 2.47. The van der Waals surface area contributed by atoms with Gasteiger partial charge in [-0.2, -0.15) is 0 Å². The van der Waals surface area contributed by atoms with E-state index in [1.54, 1.807) is 0 Å². The molecule has 1 saturated heterocycles. The lowest BCUT2D eigenvalue weighted by Gasteiger charge is -2.46. The molecule has 1 aliphatic heterocycles. The largest absolute Gasteiger partial charge is 0.342 e. The number of hydrogen-bond donors (Lipinski definition) is 1. The smallest absolute Gasteiger partial charge is 0.246 e. The number of piperazine rings is 1. The number of unbranched alkanes of at least 4 members (excludes halogenated alkanes) is 1. The molecule has 1 rings (SSSR count). The Labute approximate surface area is 129 Å². The summed E-state index contributed by atoms with van der Waals surface area (Å²) in [5.41, 5.74) is -0.748. The van der Waals surface area contributed by atoms with E-state index >= 15 is 0 Å². The van der Waals surface area contributed by atoms with Gasteiger partial charge in [0.1, 0.15) is 11.6 Å². The Morgan fingerprint density at radius 2 is 1.86 bits per heavy atom. The minimum atomic E-state index is -0.748. The lowest BCUT2D eigenvalue weighted by molar-refractivity contribution is -0.157. The Morgan fingerprint density at radius 3 is 2.33 bits per heavy atom. The minimum Gasteiger partial charge on any atom is -0.342 e. The summed E-state index contributed by atoms with van der Waals surface area (Å²) < 4.78 is 0. The maximum atomic E-state index is 12.8. The topological polar surface area (TPSA) is 49.4 Å². The maximum Gasteiger partial charge on any atom is 0.246 e. The van der Waals surface area contributed by atoms with E-state index < -0.39 is 5.54 Å². The van der Waals surface area contributed by atoms with Crippen LogP contribution in [0, 0.1) is 11.8 Å². The van der Waals surface area contributed by atoms with E-state index in [2.05, 4.69) is 19.2 Å². The van der Waals surface area contributed by atoms with Crippen LogP contribution in [0.3, 0.4) is 0 Å². The fraction of sp³-hybridized carbons (Fsp3) is 0.882. The molecule has 122 valence electrons. The first-order valence-electron chi connectivity index (χ1n) is 8.38. The molecule has 0 saturated carbocycles. The highest BCUT2D eigenvalue weighted by Crippen LogP contribution is 2.27. The highest BCUT2D eigenvalue weighted by atomic mass is 16.2. The van der Waals surface area contributed by atoms with Crippen LogP contribution in [-0.2, 0) is 9.59 Å². The van der Waals surface area contributed by atoms with Crippen LogP contribution in [0.15, 0.2) is 0 Å². The average molecular weight is 296 g/mol. The number of nitrogens with zero attached hydrogens (tertiary/aromatic N) is 1. The van der Waals surface area contributed by atoms with Crippen LogP contribution in [0.25, 0.3) is 0 Å². The monoisotopic (exact) mass is 296 g/mol. The molecular formula is C17H32N2O2. The Hall–Kier alpha value is -1.06. The third-order valence-corrected chi connectivity index (χ3v) is 4.70. The van der Waals surface area contributed by atoms with E-state index in [0.29, 0.717) is 12.5 Å². The predicted molar refractivity (Wildman–Crippen MR) is 85.9 cm³/mol. The SMILES string of the molecule is CCCCC(CC)CN1C(=O)C(C(C)C)NC(=O)C1(C)C. The van der Waals surface area contributed by atoms with Crippen LogP contribution in [0.1, 0.15) is 67.2 Å². The molecule has 0 spiro atoms. The number of carbonyl (C=O) groups is 2. The Balaban J connectivity index is 2.92. The quantitative estimate of drug-likeness (QED) is 0.785. The van der Waals surface area contributed by atoms with Crippen molar-refractivity contribution in [2.24, 2.45) is 11.8 Å². The van der Waals surface area contributed by atoms with Crippen molar-refractivity contribution in [3.8, 4) is 0 Å². The van der Waals surface area contributed by atoms with Crippen molar-refractivity contribution >= 4 is 11.8 Å². The Kier molecular flexibility index (Phi) is 6.24. The first-order valence-corrected chi connectivity index (χ1v) is 8.38. The van der Waals surface area contributed by atoms with E-state index in [9.17, 15) is 9.59 Å². The summed E-state index contributed by atoms with van der Waals surface area (Å²) in [5, 5.41) is 2.89. The van der Waals surface area contributed by atoms with Crippen LogP contribution in [0.2, 0.25) is 0 Å². The molecule has 0 bridgehead atoms. The minimum absolute atomic E-state index is 0.0360. The van der Waals surface area contributed by atoms with Crippen LogP contribution in [0.4, 0.5) is 0 Å². The molecule has 1 fully saturated rings. The molecule has 0 aliphatic carbocycles. The first-order chi connectivity index (χ1) is 9.75. The van der Waals surface area contributed by atoms with Crippen molar-refractivity contribution < 1.29 is 9.59 Å². The zero-order valence-corrected chi connectivity index (χ0v) is 14.5. The molecule has 2 atom stereocenters. The normalized spacial score (nSPS) is 23.4. The van der Waals surface area contributed by atoms with E-state index in [-0.39, 0.29) is 23.8 Å². The van der Waals surface area contributed by atoms with Gasteiger partial charge in [-0.05, 0) is 32.1 Å². The van der Waals surface area contributed by atoms with Crippen molar-refractivity contribution in [1.29, 1.82) is 0 Å². The van der Waals surface area contributed by atoms with Crippen molar-refractivity contribution in [3.05, 3.63) is 0 Å². The molecule has 0 radical (unpaired) electrons. The Bertz CT molecular complexity index is 377. The number of hydrogen-bond acceptors (Lipinski definition) is 2. The van der Waals surface area contributed by atoms with Gasteiger partial charge in [0, 0.05) is 6.54 Å². The van der Waals surface area contributed by atoms with Crippen LogP contribution < -0.4 is 5.32 Å². The molecule has 2 amide bonds. The summed E-state index contributed by atoms with van der Waals surface area (Å²) in [5.74, 6) is 0.637. The third kappa shape index (κ3) is 3.98. The van der Waals surface area contributed by atoms with Gasteiger partial charge < -0.3 is 10.2 Å². The molecule has 0 aromatic carbocycles. The number of nitrogens with one attached hydrogen (secondary N) is 1. The fourth-order valence-corrected chi connectivity index (χ4v) is 2.89. The summed E-state index contributed by atoms with van der Waals surface area (Å²) in [7, 11) is 0. The summed E-state index contributed by atoms with van der Waals surface area (Å²) in [6.07, 6.45) is 4.53. The van der Waals surface area contributed by atoms with Crippen LogP contribution >= 0.6 is 0 Å². The van der Waals surface area contributed by atoms with Gasteiger partial charge in [-0.3, -0.25) is 9.59 Å². The highest BCUT2D eigenvalue weighted by molar-refractivity contribution is 5.99. The molecule has 1 N–H and O–H groups in total. The van der Waals surface area contributed by atoms with Crippen molar-refractivity contribution in [2.45, 2.75) is 78.8 Å². The van der Waals surface area contributed by atoms with Gasteiger partial charge in [0.2, 0.25) is 11.8 Å². The second-order valence-corrected chi connectivity index (χ2v) is 7.12. The molecule has 4 nitrogen and oxygen atoms in total. The summed E-state index contributed by atoms with van der Waals surface area (Å²) in [6.45, 7) is 12.7. The zero-order chi connectivity index (χ0) is 16.2. The second-order valence-electron chi connectivity index (χ2n) is 7.12. The Morgan fingerprint density at radius 1 is 1.24 bits per heavy atom. The molecule has 1 aliphatic rings. The van der Waals surface area contributed by atoms with Crippen molar-refractivity contribution in [1.82, 2.24) is 10.2 Å². The molecule has 2 unspecified atom stereocenters. The molecule has 1 heterocycles. The van der Waals surface area contributed by atoms with Gasteiger partial charge in [0.05, 0.1) is 0 Å². The van der Waals surface area contributed by atoms with Gasteiger partial charge >= 0.3 is 0 Å². The number of rotatable bonds is 7. The molecule has 0 aromatic rings. The van der Waals surface area contributed by atoms with E-state index in [0.717, 1.165) is 12.8 Å². The number of amides is 2. The third-order valence-electron chi connectivity index (χ3n) is 4.70. The van der Waals surface area contributed by atoms with Gasteiger partial charge in [-0.15, -0.1) is 0 Å². The van der Waals surface area contributed by atoms with Gasteiger partial charge in [0.15, 0.2) is 0 Å². The lowest BCUT2D eigenvalue weighted by atomic mass is 9.88. The van der Waals surface area contributed by atoms with E-state index in [1.165, 1.54) is 12.8 Å². The molecule has 21 heavy (non-hydrogen) atoms. The average Bonchev–Trinajstić information content (AvgIpc) is 2.42. The van der Waals surface area contributed by atoms with E-state index in [1.807, 2.05) is 32.6 Å². The van der Waals surface area contributed by atoms with Crippen molar-refractivity contribution in [3.63, 3.8) is 0 Å². The van der Waals surface area contributed by atoms with Crippen molar-refractivity contribution in [2.75, 3.05) is 6.54 Å². The second kappa shape index (κ2) is 7.28. The first kappa shape index (κ1) is 18.0. The summed E-state index contributed by atoms with van der Waals surface area (Å²) in [6, 6.07) is -0.380. The van der Waals surface area contributed by atoms with E-state index in [4.69, 9.17) is 0 Å². The molecule has 4 heteroatoms. The fourth-order valence-electron chi connectivity index (χ4n) is 2.89. The van der Waals surface area contributed by atoms with Crippen LogP contribution in [-0.4, -0.2) is 34.8 Å². The lowest BCUT2D eigenvalue weighted by Crippen LogP contribution is -2.69. The predicted octanol–water partition coefficient (Wildman–Crippen LogP) is 2.96. The standard InChI is InChI=1S/C17H32N2O2/c1-7-9-10-13(8-2)11-19-15(20)14(12(3)4)18-16(21)17(19,5)6/h12-14H,7-11H2,1-6H3,(H,18,21). The summed E-state index contributed by atoms with van der Waals surface area (Å²) in [4.78, 5) is 26.9. The van der Waals surface area contributed by atoms with Gasteiger partial charge in [0.25, 0.3) is 0 Å². The number of carbonyl (C=O) groups excluding carboxylic acids is 2. The maximum absolute atomic E-state index is 12.8. The van der Waals surface area contributed by atoms with Crippen LogP contribution in [0.5, 0.6) is 0 Å². The van der Waals surface area contributed by atoms with Gasteiger partial charge in [-0.25, -0.2) is 0 Å². The van der Waals surface area contributed by atoms with Gasteiger partial charge in [-0.1, -0.05) is 47.0 Å². The zero-order valence-electron chi connectivity index (χ0n) is 14.5. The molecule has 0 aromatic heterocycles. The summed E-state index contributed by atoms with van der Waals surface area (Å²) >= 11 is 0. The molecular weight excluding hydrogens is 264 g/mol.